The van der Waals surface area contributed by atoms with Gasteiger partial charge in [0.1, 0.15) is 0 Å². The molecule has 0 N–H and O–H groups in total. The summed E-state index contributed by atoms with van der Waals surface area (Å²) in [5.74, 6) is -0.0936. The van der Waals surface area contributed by atoms with E-state index < -0.39 is 0 Å². The second-order valence-corrected chi connectivity index (χ2v) is 6.35. The Hall–Kier alpha value is -3.71. The fourth-order valence-corrected chi connectivity index (χ4v) is 3.28. The molecule has 0 aliphatic carbocycles. The van der Waals surface area contributed by atoms with Crippen molar-refractivity contribution in [3.8, 4) is 17.3 Å². The molecule has 4 rings (SSSR count). The molecule has 0 amide bonds. The van der Waals surface area contributed by atoms with E-state index >= 15 is 0 Å². The van der Waals surface area contributed by atoms with Gasteiger partial charge in [0, 0.05) is 28.9 Å². The van der Waals surface area contributed by atoms with E-state index in [2.05, 4.69) is 18.0 Å². The van der Waals surface area contributed by atoms with Crippen LogP contribution in [-0.4, -0.2) is 15.5 Å². The summed E-state index contributed by atoms with van der Waals surface area (Å²) in [7, 11) is 0. The molecule has 0 bridgehead atoms. The van der Waals surface area contributed by atoms with Gasteiger partial charge >= 0.3 is 0 Å². The van der Waals surface area contributed by atoms with E-state index in [9.17, 15) is 10.1 Å². The number of nitrogens with zero attached hydrogens (tertiary/aromatic N) is 3. The number of hydrogen-bond donors (Lipinski definition) is 0. The Bertz CT molecular complexity index is 1180. The number of fused-ring (bicyclic) bond motifs is 1. The first-order valence-corrected chi connectivity index (χ1v) is 8.81. The molecular weight excluding hydrogens is 334 g/mol. The Morgan fingerprint density at radius 2 is 2.00 bits per heavy atom. The highest BCUT2D eigenvalue weighted by Gasteiger charge is 2.18. The van der Waals surface area contributed by atoms with Gasteiger partial charge in [-0.15, -0.1) is 0 Å². The number of aromatic nitrogens is 2. The Morgan fingerprint density at radius 3 is 2.74 bits per heavy atom. The van der Waals surface area contributed by atoms with Crippen molar-refractivity contribution in [1.29, 1.82) is 5.26 Å². The van der Waals surface area contributed by atoms with Gasteiger partial charge in [-0.25, -0.2) is 0 Å². The smallest absolute Gasteiger partial charge is 0.262 e. The first-order valence-electron chi connectivity index (χ1n) is 8.81. The van der Waals surface area contributed by atoms with E-state index in [0.717, 1.165) is 34.1 Å². The molecule has 4 aromatic rings. The molecular formula is C23H17N3O. The van der Waals surface area contributed by atoms with E-state index in [-0.39, 0.29) is 5.91 Å². The van der Waals surface area contributed by atoms with Crippen molar-refractivity contribution < 1.29 is 4.79 Å². The van der Waals surface area contributed by atoms with E-state index in [1.54, 1.807) is 29.1 Å². The van der Waals surface area contributed by atoms with Crippen LogP contribution in [-0.2, 0) is 6.42 Å². The average Bonchev–Trinajstić information content (AvgIpc) is 3.12. The summed E-state index contributed by atoms with van der Waals surface area (Å²) in [5, 5.41) is 10.1. The summed E-state index contributed by atoms with van der Waals surface area (Å²) in [6.45, 7) is 2.07. The molecule has 27 heavy (non-hydrogen) atoms. The zero-order chi connectivity index (χ0) is 18.8. The summed E-state index contributed by atoms with van der Waals surface area (Å²) in [4.78, 5) is 17.6. The second-order valence-electron chi connectivity index (χ2n) is 6.35. The maximum atomic E-state index is 13.4. The topological polar surface area (TPSA) is 58.7 Å². The van der Waals surface area contributed by atoms with Gasteiger partial charge in [0.05, 0.1) is 22.8 Å². The molecule has 130 valence electrons. The predicted octanol–water partition coefficient (Wildman–Crippen LogP) is 4.83. The molecule has 2 aromatic heterocycles. The van der Waals surface area contributed by atoms with Crippen LogP contribution in [0.5, 0.6) is 0 Å². The van der Waals surface area contributed by atoms with E-state index in [1.807, 2.05) is 48.5 Å². The van der Waals surface area contributed by atoms with Crippen LogP contribution in [0.25, 0.3) is 22.2 Å². The normalized spacial score (nSPS) is 10.7. The van der Waals surface area contributed by atoms with Gasteiger partial charge in [0.15, 0.2) is 0 Å². The molecule has 0 atom stereocenters. The van der Waals surface area contributed by atoms with Crippen molar-refractivity contribution in [3.05, 3.63) is 89.7 Å². The highest BCUT2D eigenvalue weighted by molar-refractivity contribution is 6.06. The lowest BCUT2D eigenvalue weighted by Crippen LogP contribution is -2.13. The molecule has 0 fully saturated rings. The lowest BCUT2D eigenvalue weighted by atomic mass is 10.1. The minimum Gasteiger partial charge on any atom is -0.276 e. The van der Waals surface area contributed by atoms with Crippen molar-refractivity contribution in [2.75, 3.05) is 0 Å². The summed E-state index contributed by atoms with van der Waals surface area (Å²) < 4.78 is 1.71. The van der Waals surface area contributed by atoms with E-state index in [0.29, 0.717) is 11.1 Å². The highest BCUT2D eigenvalue weighted by Crippen LogP contribution is 2.29. The minimum atomic E-state index is -0.0936. The molecule has 4 heteroatoms. The Kier molecular flexibility index (Phi) is 4.27. The minimum absolute atomic E-state index is 0.0936. The van der Waals surface area contributed by atoms with Gasteiger partial charge in [-0.2, -0.15) is 5.26 Å². The van der Waals surface area contributed by atoms with Crippen LogP contribution < -0.4 is 0 Å². The molecule has 0 aliphatic rings. The van der Waals surface area contributed by atoms with Crippen LogP contribution in [0.3, 0.4) is 0 Å². The lowest BCUT2D eigenvalue weighted by molar-refractivity contribution is 0.0966. The Morgan fingerprint density at radius 1 is 1.11 bits per heavy atom. The average molecular weight is 351 g/mol. The number of nitriles is 1. The number of carbonyl (C=O) groups excluding carboxylic acids is 1. The molecule has 0 spiro atoms. The maximum absolute atomic E-state index is 13.4. The first-order chi connectivity index (χ1) is 13.2. The SMILES string of the molecule is CCc1cccc(C(=O)n2c(-c3cccnc3)cc3cc(C#N)ccc32)c1. The molecule has 4 nitrogen and oxygen atoms in total. The molecule has 0 aliphatic heterocycles. The highest BCUT2D eigenvalue weighted by atomic mass is 16.2. The number of benzene rings is 2. The zero-order valence-electron chi connectivity index (χ0n) is 14.9. The number of rotatable bonds is 3. The Labute approximate surface area is 157 Å². The van der Waals surface area contributed by atoms with Crippen molar-refractivity contribution in [3.63, 3.8) is 0 Å². The van der Waals surface area contributed by atoms with E-state index in [4.69, 9.17) is 0 Å². The van der Waals surface area contributed by atoms with Crippen LogP contribution in [0.15, 0.2) is 73.1 Å². The number of pyridine rings is 1. The van der Waals surface area contributed by atoms with Gasteiger partial charge in [0.2, 0.25) is 0 Å². The third kappa shape index (κ3) is 3.00. The summed E-state index contributed by atoms with van der Waals surface area (Å²) in [6, 6.07) is 21.0. The molecule has 0 radical (unpaired) electrons. The number of carbonyl (C=O) groups is 1. The van der Waals surface area contributed by atoms with Crippen molar-refractivity contribution in [2.45, 2.75) is 13.3 Å². The fraction of sp³-hybridized carbons (Fsp3) is 0.0870. The van der Waals surface area contributed by atoms with Gasteiger partial charge in [0.25, 0.3) is 5.91 Å². The van der Waals surface area contributed by atoms with Gasteiger partial charge < -0.3 is 0 Å². The van der Waals surface area contributed by atoms with Gasteiger partial charge in [-0.3, -0.25) is 14.3 Å². The molecule has 2 heterocycles. The predicted molar refractivity (Wildman–Crippen MR) is 105 cm³/mol. The molecule has 0 saturated carbocycles. The largest absolute Gasteiger partial charge is 0.276 e. The summed E-state index contributed by atoms with van der Waals surface area (Å²) in [6.07, 6.45) is 4.32. The molecule has 2 aromatic carbocycles. The van der Waals surface area contributed by atoms with Crippen molar-refractivity contribution in [1.82, 2.24) is 9.55 Å². The van der Waals surface area contributed by atoms with E-state index in [1.165, 1.54) is 0 Å². The maximum Gasteiger partial charge on any atom is 0.262 e. The molecule has 0 saturated heterocycles. The molecule has 0 unspecified atom stereocenters. The summed E-state index contributed by atoms with van der Waals surface area (Å²) in [5.41, 5.74) is 4.72. The van der Waals surface area contributed by atoms with Gasteiger partial charge in [-0.1, -0.05) is 19.1 Å². The standard InChI is InChI=1S/C23H17N3O/c1-2-16-5-3-6-18(11-16)23(27)26-21-9-8-17(14-24)12-20(21)13-22(26)19-7-4-10-25-15-19/h3-13,15H,2H2,1H3. The van der Waals surface area contributed by atoms with Crippen molar-refractivity contribution in [2.24, 2.45) is 0 Å². The monoisotopic (exact) mass is 351 g/mol. The fourth-order valence-electron chi connectivity index (χ4n) is 3.28. The zero-order valence-corrected chi connectivity index (χ0v) is 14.9. The number of aryl methyl sites for hydroxylation is 1. The van der Waals surface area contributed by atoms with Crippen molar-refractivity contribution >= 4 is 16.8 Å². The van der Waals surface area contributed by atoms with Crippen LogP contribution in [0.4, 0.5) is 0 Å². The Balaban J connectivity index is 1.97. The van der Waals surface area contributed by atoms with Crippen LogP contribution in [0.1, 0.15) is 28.4 Å². The second kappa shape index (κ2) is 6.89. The van der Waals surface area contributed by atoms with Crippen LogP contribution in [0.2, 0.25) is 0 Å². The van der Waals surface area contributed by atoms with Crippen LogP contribution in [0, 0.1) is 11.3 Å². The van der Waals surface area contributed by atoms with Crippen LogP contribution >= 0.6 is 0 Å². The quantitative estimate of drug-likeness (QED) is 0.531. The first kappa shape index (κ1) is 16.7. The third-order valence-electron chi connectivity index (χ3n) is 4.67. The number of hydrogen-bond acceptors (Lipinski definition) is 3. The summed E-state index contributed by atoms with van der Waals surface area (Å²) >= 11 is 0. The third-order valence-corrected chi connectivity index (χ3v) is 4.67. The lowest BCUT2D eigenvalue weighted by Gasteiger charge is -2.10. The van der Waals surface area contributed by atoms with Gasteiger partial charge in [-0.05, 0) is 60.5 Å².